The fraction of sp³-hybridized carbons (Fsp3) is 0. The van der Waals surface area contributed by atoms with Crippen molar-refractivity contribution in [2.45, 2.75) is 0 Å². The van der Waals surface area contributed by atoms with Gasteiger partial charge in [0.1, 0.15) is 16.7 Å². The number of fused-ring (bicyclic) bond motifs is 11. The van der Waals surface area contributed by atoms with Gasteiger partial charge < -0.3 is 13.4 Å². The van der Waals surface area contributed by atoms with E-state index in [0.717, 1.165) is 66.1 Å². The number of nitrogens with zero attached hydrogens (tertiary/aromatic N) is 2. The van der Waals surface area contributed by atoms with Crippen LogP contribution in [0.15, 0.2) is 167 Å². The molecular formula is C45H26N2O2. The molecule has 0 aliphatic rings. The van der Waals surface area contributed by atoms with Crippen molar-refractivity contribution in [3.05, 3.63) is 158 Å². The molecule has 8 aromatic carbocycles. The molecule has 11 rings (SSSR count). The van der Waals surface area contributed by atoms with Crippen molar-refractivity contribution in [3.8, 4) is 28.3 Å². The van der Waals surface area contributed by atoms with E-state index in [9.17, 15) is 0 Å². The molecule has 0 radical (unpaired) electrons. The number of hydrogen-bond acceptors (Lipinski definition) is 3. The van der Waals surface area contributed by atoms with Crippen molar-refractivity contribution >= 4 is 76.4 Å². The highest BCUT2D eigenvalue weighted by Crippen LogP contribution is 2.45. The van der Waals surface area contributed by atoms with Crippen LogP contribution < -0.4 is 0 Å². The first-order valence-corrected chi connectivity index (χ1v) is 16.5. The SMILES string of the molecule is c1ccc(-c2cccc3c2c2c4ccccc4ccc2n3-c2cc3oc4c5ccccc5ccc4c3cc2-c2nc3ccccc3o2)cc1. The molecule has 0 atom stereocenters. The molecule has 0 saturated carbocycles. The molecule has 4 nitrogen and oxygen atoms in total. The number of para-hydroxylation sites is 2. The topological polar surface area (TPSA) is 44.1 Å². The molecule has 0 N–H and O–H groups in total. The second-order valence-electron chi connectivity index (χ2n) is 12.7. The van der Waals surface area contributed by atoms with Gasteiger partial charge in [0.2, 0.25) is 5.89 Å². The molecule has 0 unspecified atom stereocenters. The van der Waals surface area contributed by atoms with Gasteiger partial charge in [-0.25, -0.2) is 4.98 Å². The van der Waals surface area contributed by atoms with E-state index in [2.05, 4.69) is 138 Å². The lowest BCUT2D eigenvalue weighted by molar-refractivity contribution is 0.619. The molecule has 0 spiro atoms. The van der Waals surface area contributed by atoms with Crippen molar-refractivity contribution in [2.75, 3.05) is 0 Å². The maximum atomic E-state index is 6.78. The number of aromatic nitrogens is 2. The van der Waals surface area contributed by atoms with Crippen LogP contribution in [0.3, 0.4) is 0 Å². The van der Waals surface area contributed by atoms with Crippen LogP contribution in [0.4, 0.5) is 0 Å². The van der Waals surface area contributed by atoms with Crippen LogP contribution in [0, 0.1) is 0 Å². The van der Waals surface area contributed by atoms with Crippen molar-refractivity contribution in [3.63, 3.8) is 0 Å². The van der Waals surface area contributed by atoms with Crippen LogP contribution in [0.25, 0.3) is 105 Å². The molecule has 4 heteroatoms. The average Bonchev–Trinajstić information content (AvgIpc) is 3.86. The third-order valence-corrected chi connectivity index (χ3v) is 10.0. The van der Waals surface area contributed by atoms with E-state index in [1.165, 1.54) is 32.7 Å². The summed E-state index contributed by atoms with van der Waals surface area (Å²) in [5.74, 6) is 0.572. The minimum absolute atomic E-state index is 0.572. The second kappa shape index (κ2) is 9.93. The van der Waals surface area contributed by atoms with Crippen molar-refractivity contribution < 1.29 is 8.83 Å². The zero-order valence-electron chi connectivity index (χ0n) is 26.2. The maximum absolute atomic E-state index is 6.78. The van der Waals surface area contributed by atoms with Crippen LogP contribution in [0.1, 0.15) is 0 Å². The Kier molecular flexibility index (Phi) is 5.35. The van der Waals surface area contributed by atoms with Gasteiger partial charge in [0.05, 0.1) is 22.3 Å². The van der Waals surface area contributed by atoms with Gasteiger partial charge in [0.25, 0.3) is 0 Å². The molecule has 49 heavy (non-hydrogen) atoms. The molecule has 3 heterocycles. The Labute approximate surface area is 280 Å². The summed E-state index contributed by atoms with van der Waals surface area (Å²) in [4.78, 5) is 5.04. The highest BCUT2D eigenvalue weighted by atomic mass is 16.3. The fourth-order valence-corrected chi connectivity index (χ4v) is 7.83. The third-order valence-electron chi connectivity index (χ3n) is 10.0. The zero-order chi connectivity index (χ0) is 32.1. The second-order valence-corrected chi connectivity index (χ2v) is 12.7. The predicted molar refractivity (Wildman–Crippen MR) is 202 cm³/mol. The Morgan fingerprint density at radius 2 is 1.18 bits per heavy atom. The molecule has 11 aromatic rings. The van der Waals surface area contributed by atoms with E-state index < -0.39 is 0 Å². The summed E-state index contributed by atoms with van der Waals surface area (Å²) in [5, 5.41) is 9.18. The van der Waals surface area contributed by atoms with E-state index >= 15 is 0 Å². The first-order valence-electron chi connectivity index (χ1n) is 16.5. The van der Waals surface area contributed by atoms with Gasteiger partial charge in [-0.05, 0) is 63.7 Å². The number of furan rings is 1. The summed E-state index contributed by atoms with van der Waals surface area (Å²) in [6.07, 6.45) is 0. The largest absolute Gasteiger partial charge is 0.455 e. The van der Waals surface area contributed by atoms with Crippen LogP contribution in [-0.2, 0) is 0 Å². The summed E-state index contributed by atoms with van der Waals surface area (Å²) in [6.45, 7) is 0. The van der Waals surface area contributed by atoms with Gasteiger partial charge in [0, 0.05) is 33.0 Å². The van der Waals surface area contributed by atoms with Crippen molar-refractivity contribution in [2.24, 2.45) is 0 Å². The van der Waals surface area contributed by atoms with Crippen LogP contribution in [-0.4, -0.2) is 9.55 Å². The molecule has 0 amide bonds. The molecule has 0 aliphatic heterocycles. The molecule has 0 fully saturated rings. The Bertz CT molecular complexity index is 3070. The van der Waals surface area contributed by atoms with Gasteiger partial charge in [-0.15, -0.1) is 0 Å². The zero-order valence-corrected chi connectivity index (χ0v) is 26.2. The van der Waals surface area contributed by atoms with E-state index in [0.29, 0.717) is 5.89 Å². The summed E-state index contributed by atoms with van der Waals surface area (Å²) >= 11 is 0. The maximum Gasteiger partial charge on any atom is 0.229 e. The summed E-state index contributed by atoms with van der Waals surface area (Å²) < 4.78 is 15.7. The Morgan fingerprint density at radius 1 is 0.449 bits per heavy atom. The predicted octanol–water partition coefficient (Wildman–Crippen LogP) is 12.5. The van der Waals surface area contributed by atoms with Crippen LogP contribution in [0.2, 0.25) is 0 Å². The summed E-state index contributed by atoms with van der Waals surface area (Å²) in [6, 6.07) is 55.5. The van der Waals surface area contributed by atoms with Crippen LogP contribution >= 0.6 is 0 Å². The molecular weight excluding hydrogens is 601 g/mol. The number of benzene rings is 8. The van der Waals surface area contributed by atoms with Crippen LogP contribution in [0.5, 0.6) is 0 Å². The van der Waals surface area contributed by atoms with E-state index in [1.54, 1.807) is 0 Å². The van der Waals surface area contributed by atoms with Gasteiger partial charge >= 0.3 is 0 Å². The monoisotopic (exact) mass is 626 g/mol. The first-order chi connectivity index (χ1) is 24.3. The standard InChI is InChI=1S/C45H26N2O2/c1-2-11-27(12-3-1)31-17-10-19-37-42(31)43-30-15-6-4-13-28(30)22-24-38(43)47(37)39-26-41-34(25-35(39)45-46-36-18-8-9-20-40(36)49-45)33-23-21-29-14-5-7-16-32(29)44(33)48-41/h1-26H. The summed E-state index contributed by atoms with van der Waals surface area (Å²) in [5.41, 5.74) is 9.71. The van der Waals surface area contributed by atoms with E-state index in [1.807, 2.05) is 24.3 Å². The Hall–Kier alpha value is -6.65. The quantitative estimate of drug-likeness (QED) is 0.196. The highest BCUT2D eigenvalue weighted by Gasteiger charge is 2.24. The molecule has 0 bridgehead atoms. The third kappa shape index (κ3) is 3.77. The lowest BCUT2D eigenvalue weighted by Crippen LogP contribution is -1.98. The molecule has 3 aromatic heterocycles. The molecule has 0 aliphatic carbocycles. The molecule has 228 valence electrons. The lowest BCUT2D eigenvalue weighted by atomic mass is 9.97. The number of rotatable bonds is 3. The van der Waals surface area contributed by atoms with Gasteiger partial charge in [-0.1, -0.05) is 115 Å². The summed E-state index contributed by atoms with van der Waals surface area (Å²) in [7, 11) is 0. The minimum Gasteiger partial charge on any atom is -0.455 e. The first kappa shape index (κ1) is 26.4. The highest BCUT2D eigenvalue weighted by molar-refractivity contribution is 6.25. The molecule has 0 saturated heterocycles. The average molecular weight is 627 g/mol. The van der Waals surface area contributed by atoms with Gasteiger partial charge in [-0.3, -0.25) is 0 Å². The van der Waals surface area contributed by atoms with Crippen molar-refractivity contribution in [1.29, 1.82) is 0 Å². The van der Waals surface area contributed by atoms with E-state index in [4.69, 9.17) is 13.8 Å². The normalized spacial score (nSPS) is 12.1. The fourth-order valence-electron chi connectivity index (χ4n) is 7.83. The Morgan fingerprint density at radius 3 is 2.06 bits per heavy atom. The number of oxazole rings is 1. The van der Waals surface area contributed by atoms with Gasteiger partial charge in [-0.2, -0.15) is 0 Å². The van der Waals surface area contributed by atoms with Crippen molar-refractivity contribution in [1.82, 2.24) is 9.55 Å². The smallest absolute Gasteiger partial charge is 0.229 e. The van der Waals surface area contributed by atoms with E-state index in [-0.39, 0.29) is 0 Å². The van der Waals surface area contributed by atoms with Gasteiger partial charge in [0.15, 0.2) is 5.58 Å². The number of hydrogen-bond donors (Lipinski definition) is 0. The Balaban J connectivity index is 1.33. The minimum atomic E-state index is 0.572. The lowest BCUT2D eigenvalue weighted by Gasteiger charge is -2.13.